The molecule has 4 rings (SSSR count). The number of ether oxygens (including phenoxy) is 1. The third-order valence-corrected chi connectivity index (χ3v) is 4.93. The Balaban J connectivity index is 1.55. The molecule has 0 radical (unpaired) electrons. The first-order valence-electron chi connectivity index (χ1n) is 8.84. The second kappa shape index (κ2) is 8.20. The van der Waals surface area contributed by atoms with Crippen molar-refractivity contribution in [3.8, 4) is 5.69 Å². The molecule has 28 heavy (non-hydrogen) atoms. The number of alkyl halides is 1. The van der Waals surface area contributed by atoms with E-state index in [1.807, 2.05) is 24.3 Å². The maximum absolute atomic E-state index is 12.0. The van der Waals surface area contributed by atoms with Gasteiger partial charge in [0.25, 0.3) is 0 Å². The van der Waals surface area contributed by atoms with Crippen LogP contribution in [0.15, 0.2) is 36.8 Å². The first kappa shape index (κ1) is 18.8. The number of halogens is 2. The van der Waals surface area contributed by atoms with E-state index in [1.54, 1.807) is 15.8 Å². The zero-order chi connectivity index (χ0) is 19.5. The second-order valence-electron chi connectivity index (χ2n) is 6.25. The third kappa shape index (κ3) is 3.70. The molecular weight excluding hydrogens is 403 g/mol. The summed E-state index contributed by atoms with van der Waals surface area (Å²) in [6, 6.07) is 7.44. The minimum absolute atomic E-state index is 0.218. The van der Waals surface area contributed by atoms with Gasteiger partial charge in [-0.15, -0.1) is 11.6 Å². The van der Waals surface area contributed by atoms with Crippen LogP contribution in [0.2, 0.25) is 5.02 Å². The molecule has 1 aliphatic rings. The van der Waals surface area contributed by atoms with Gasteiger partial charge in [0.05, 0.1) is 23.2 Å². The van der Waals surface area contributed by atoms with E-state index in [0.29, 0.717) is 42.7 Å². The second-order valence-corrected chi connectivity index (χ2v) is 7.06. The monoisotopic (exact) mass is 420 g/mol. The topological polar surface area (TPSA) is 76.4 Å². The molecular formula is C18H18Cl2N6O2. The molecule has 10 heteroatoms. The summed E-state index contributed by atoms with van der Waals surface area (Å²) < 4.78 is 6.83. The highest BCUT2D eigenvalue weighted by molar-refractivity contribution is 6.30. The molecule has 3 aromatic rings. The molecule has 1 fully saturated rings. The summed E-state index contributed by atoms with van der Waals surface area (Å²) in [5.74, 6) is 1.09. The van der Waals surface area contributed by atoms with Crippen molar-refractivity contribution in [2.45, 2.75) is 0 Å². The Labute approximate surface area is 171 Å². The molecule has 0 spiro atoms. The van der Waals surface area contributed by atoms with Gasteiger partial charge in [-0.05, 0) is 18.2 Å². The number of piperazine rings is 1. The van der Waals surface area contributed by atoms with Crippen molar-refractivity contribution in [2.24, 2.45) is 0 Å². The van der Waals surface area contributed by atoms with Crippen LogP contribution in [0.4, 0.5) is 10.6 Å². The van der Waals surface area contributed by atoms with Gasteiger partial charge in [-0.3, -0.25) is 0 Å². The van der Waals surface area contributed by atoms with Crippen molar-refractivity contribution >= 4 is 46.1 Å². The van der Waals surface area contributed by atoms with Crippen LogP contribution in [-0.4, -0.2) is 69.4 Å². The summed E-state index contributed by atoms with van der Waals surface area (Å²) in [4.78, 5) is 24.6. The number of hydrogen-bond donors (Lipinski definition) is 0. The first-order chi connectivity index (χ1) is 13.7. The number of amides is 1. The Bertz CT molecular complexity index is 987. The fourth-order valence-electron chi connectivity index (χ4n) is 3.20. The zero-order valence-electron chi connectivity index (χ0n) is 15.0. The Morgan fingerprint density at radius 3 is 2.75 bits per heavy atom. The molecule has 0 bridgehead atoms. The highest BCUT2D eigenvalue weighted by atomic mass is 35.5. The van der Waals surface area contributed by atoms with Crippen molar-refractivity contribution in [2.75, 3.05) is 43.6 Å². The van der Waals surface area contributed by atoms with Gasteiger partial charge >= 0.3 is 6.09 Å². The molecule has 3 heterocycles. The molecule has 0 saturated carbocycles. The van der Waals surface area contributed by atoms with Gasteiger partial charge in [0.2, 0.25) is 0 Å². The van der Waals surface area contributed by atoms with Crippen LogP contribution in [0.1, 0.15) is 0 Å². The van der Waals surface area contributed by atoms with E-state index in [-0.39, 0.29) is 12.7 Å². The molecule has 1 saturated heterocycles. The van der Waals surface area contributed by atoms with Crippen LogP contribution >= 0.6 is 23.2 Å². The fourth-order valence-corrected chi connectivity index (χ4v) is 3.46. The number of aromatic nitrogens is 4. The minimum atomic E-state index is -0.332. The SMILES string of the molecule is O=C(OCCCl)N1CCN(c2ncnc3c2cnn3-c2cccc(Cl)c2)CC1. The lowest BCUT2D eigenvalue weighted by atomic mass is 10.3. The summed E-state index contributed by atoms with van der Waals surface area (Å²) in [6.45, 7) is 2.61. The largest absolute Gasteiger partial charge is 0.448 e. The quantitative estimate of drug-likeness (QED) is 0.603. The van der Waals surface area contributed by atoms with E-state index >= 15 is 0 Å². The van der Waals surface area contributed by atoms with Crippen molar-refractivity contribution in [1.82, 2.24) is 24.6 Å². The lowest BCUT2D eigenvalue weighted by Crippen LogP contribution is -2.49. The van der Waals surface area contributed by atoms with Crippen LogP contribution in [0.25, 0.3) is 16.7 Å². The van der Waals surface area contributed by atoms with Crippen LogP contribution in [0.5, 0.6) is 0 Å². The van der Waals surface area contributed by atoms with Gasteiger partial charge in [-0.2, -0.15) is 5.10 Å². The van der Waals surface area contributed by atoms with Gasteiger partial charge in [-0.1, -0.05) is 17.7 Å². The molecule has 0 atom stereocenters. The van der Waals surface area contributed by atoms with Crippen LogP contribution in [0, 0.1) is 0 Å². The highest BCUT2D eigenvalue weighted by Crippen LogP contribution is 2.26. The summed E-state index contributed by atoms with van der Waals surface area (Å²) in [6.07, 6.45) is 2.95. The standard InChI is InChI=1S/C18H18Cl2N6O2/c19-4-9-28-18(27)25-7-5-24(6-8-25)16-15-11-23-26(17(15)22-12-21-16)14-3-1-2-13(20)10-14/h1-3,10-12H,4-9H2. The number of benzene rings is 1. The summed E-state index contributed by atoms with van der Waals surface area (Å²) in [7, 11) is 0. The number of nitrogens with zero attached hydrogens (tertiary/aromatic N) is 6. The van der Waals surface area contributed by atoms with Crippen molar-refractivity contribution in [3.63, 3.8) is 0 Å². The van der Waals surface area contributed by atoms with E-state index in [2.05, 4.69) is 20.0 Å². The molecule has 8 nitrogen and oxygen atoms in total. The Morgan fingerprint density at radius 2 is 2.00 bits per heavy atom. The van der Waals surface area contributed by atoms with E-state index < -0.39 is 0 Å². The van der Waals surface area contributed by atoms with E-state index in [0.717, 1.165) is 16.9 Å². The fraction of sp³-hybridized carbons (Fsp3) is 0.333. The maximum atomic E-state index is 12.0. The number of hydrogen-bond acceptors (Lipinski definition) is 6. The lowest BCUT2D eigenvalue weighted by molar-refractivity contribution is 0.105. The van der Waals surface area contributed by atoms with Gasteiger partial charge in [0.1, 0.15) is 18.8 Å². The first-order valence-corrected chi connectivity index (χ1v) is 9.76. The summed E-state index contributed by atoms with van der Waals surface area (Å²) in [5, 5.41) is 5.95. The maximum Gasteiger partial charge on any atom is 0.409 e. The highest BCUT2D eigenvalue weighted by Gasteiger charge is 2.25. The van der Waals surface area contributed by atoms with Gasteiger partial charge in [0.15, 0.2) is 5.65 Å². The van der Waals surface area contributed by atoms with E-state index in [1.165, 1.54) is 6.33 Å². The third-order valence-electron chi connectivity index (χ3n) is 4.54. The number of fused-ring (bicyclic) bond motifs is 1. The Kier molecular flexibility index (Phi) is 5.50. The summed E-state index contributed by atoms with van der Waals surface area (Å²) >= 11 is 11.7. The molecule has 1 aromatic carbocycles. The molecule has 0 aliphatic carbocycles. The normalized spacial score (nSPS) is 14.5. The van der Waals surface area contributed by atoms with Gasteiger partial charge in [0, 0.05) is 31.2 Å². The van der Waals surface area contributed by atoms with E-state index in [4.69, 9.17) is 27.9 Å². The van der Waals surface area contributed by atoms with Crippen LogP contribution in [0.3, 0.4) is 0 Å². The number of carbonyl (C=O) groups excluding carboxylic acids is 1. The summed E-state index contributed by atoms with van der Waals surface area (Å²) in [5.41, 5.74) is 1.54. The van der Waals surface area contributed by atoms with Crippen LogP contribution < -0.4 is 4.90 Å². The molecule has 1 amide bonds. The predicted molar refractivity (Wildman–Crippen MR) is 108 cm³/mol. The average molecular weight is 421 g/mol. The predicted octanol–water partition coefficient (Wildman–Crippen LogP) is 2.97. The van der Waals surface area contributed by atoms with Gasteiger partial charge in [-0.25, -0.2) is 19.4 Å². The lowest BCUT2D eigenvalue weighted by Gasteiger charge is -2.34. The number of anilines is 1. The molecule has 2 aromatic heterocycles. The smallest absolute Gasteiger partial charge is 0.409 e. The van der Waals surface area contributed by atoms with Crippen molar-refractivity contribution < 1.29 is 9.53 Å². The average Bonchev–Trinajstić information content (AvgIpc) is 3.16. The van der Waals surface area contributed by atoms with Crippen molar-refractivity contribution in [1.29, 1.82) is 0 Å². The number of carbonyl (C=O) groups is 1. The Morgan fingerprint density at radius 1 is 1.18 bits per heavy atom. The molecule has 146 valence electrons. The molecule has 1 aliphatic heterocycles. The zero-order valence-corrected chi connectivity index (χ0v) is 16.5. The number of rotatable bonds is 4. The van der Waals surface area contributed by atoms with E-state index in [9.17, 15) is 4.79 Å². The van der Waals surface area contributed by atoms with Crippen LogP contribution in [-0.2, 0) is 4.74 Å². The minimum Gasteiger partial charge on any atom is -0.448 e. The molecule has 0 N–H and O–H groups in total. The van der Waals surface area contributed by atoms with Crippen molar-refractivity contribution in [3.05, 3.63) is 41.8 Å². The van der Waals surface area contributed by atoms with Gasteiger partial charge < -0.3 is 14.5 Å². The Hall–Kier alpha value is -2.58. The molecule has 0 unspecified atom stereocenters.